The summed E-state index contributed by atoms with van der Waals surface area (Å²) in [6.07, 6.45) is -10.1. The standard InChI is InChI=1S/C49H40F6N4/c1-46(2,3)31-18-23-41-37(25-31)38-26-32(47(4,5)6)19-24-42(38)59(41)34-20-22-35(36-21-17-33(48(50,51)52)27-40(36)49(53,54)55)39(28-34)45-57-43(29-13-9-7-10-14-29)56-44(58-45)30-15-11-8-12-16-30/h7-28H,1-6H3. The molecule has 0 unspecified atom stereocenters. The molecule has 0 spiro atoms. The van der Waals surface area contributed by atoms with Gasteiger partial charge in [0.15, 0.2) is 17.5 Å². The van der Waals surface area contributed by atoms with Crippen molar-refractivity contribution in [1.82, 2.24) is 19.5 Å². The minimum absolute atomic E-state index is 0.00447. The molecular formula is C49H40F6N4. The lowest BCUT2D eigenvalue weighted by Gasteiger charge is -2.20. The molecule has 0 amide bonds. The fourth-order valence-electron chi connectivity index (χ4n) is 7.44. The first-order chi connectivity index (χ1) is 27.8. The Hall–Kier alpha value is -6.29. The van der Waals surface area contributed by atoms with Gasteiger partial charge in [-0.25, -0.2) is 15.0 Å². The van der Waals surface area contributed by atoms with Crippen LogP contribution < -0.4 is 0 Å². The Balaban J connectivity index is 1.47. The molecule has 8 rings (SSSR count). The number of hydrogen-bond acceptors (Lipinski definition) is 3. The minimum Gasteiger partial charge on any atom is -0.309 e. The first kappa shape index (κ1) is 39.5. The van der Waals surface area contributed by atoms with Gasteiger partial charge in [-0.15, -0.1) is 0 Å². The summed E-state index contributed by atoms with van der Waals surface area (Å²) in [7, 11) is 0. The van der Waals surface area contributed by atoms with Gasteiger partial charge in [0.25, 0.3) is 0 Å². The van der Waals surface area contributed by atoms with Crippen molar-refractivity contribution in [3.05, 3.63) is 156 Å². The second-order valence-corrected chi connectivity index (χ2v) is 16.8. The van der Waals surface area contributed by atoms with Gasteiger partial charge < -0.3 is 4.57 Å². The van der Waals surface area contributed by atoms with Crippen molar-refractivity contribution in [1.29, 1.82) is 0 Å². The van der Waals surface area contributed by atoms with E-state index in [0.29, 0.717) is 22.9 Å². The van der Waals surface area contributed by atoms with E-state index in [9.17, 15) is 26.3 Å². The summed E-state index contributed by atoms with van der Waals surface area (Å²) >= 11 is 0. The van der Waals surface area contributed by atoms with Gasteiger partial charge in [-0.05, 0) is 81.6 Å². The van der Waals surface area contributed by atoms with E-state index in [1.807, 2.05) is 60.7 Å². The van der Waals surface area contributed by atoms with E-state index in [-0.39, 0.29) is 45.5 Å². The Bertz CT molecular complexity index is 2730. The molecule has 8 aromatic rings. The molecule has 298 valence electrons. The Kier molecular flexibility index (Phi) is 9.53. The highest BCUT2D eigenvalue weighted by atomic mass is 19.4. The third kappa shape index (κ3) is 7.59. The number of alkyl halides is 6. The van der Waals surface area contributed by atoms with Gasteiger partial charge >= 0.3 is 12.4 Å². The molecule has 59 heavy (non-hydrogen) atoms. The van der Waals surface area contributed by atoms with E-state index in [1.54, 1.807) is 12.1 Å². The smallest absolute Gasteiger partial charge is 0.309 e. The molecule has 6 aromatic carbocycles. The maximum absolute atomic E-state index is 14.9. The van der Waals surface area contributed by atoms with Gasteiger partial charge in [0, 0.05) is 33.2 Å². The Labute approximate surface area is 338 Å². The summed E-state index contributed by atoms with van der Waals surface area (Å²) in [5.41, 5.74) is 2.50. The van der Waals surface area contributed by atoms with E-state index in [1.165, 1.54) is 6.07 Å². The van der Waals surface area contributed by atoms with Crippen LogP contribution in [-0.2, 0) is 23.2 Å². The molecule has 10 heteroatoms. The zero-order valence-electron chi connectivity index (χ0n) is 33.3. The first-order valence-corrected chi connectivity index (χ1v) is 19.2. The average molecular weight is 799 g/mol. The summed E-state index contributed by atoms with van der Waals surface area (Å²) < 4.78 is 88.4. The summed E-state index contributed by atoms with van der Waals surface area (Å²) in [6, 6.07) is 37.6. The summed E-state index contributed by atoms with van der Waals surface area (Å²) in [5, 5.41) is 2.01. The molecule has 0 atom stereocenters. The number of nitrogens with zero attached hydrogens (tertiary/aromatic N) is 4. The Morgan fingerprint density at radius 1 is 0.407 bits per heavy atom. The molecule has 2 aromatic heterocycles. The van der Waals surface area contributed by atoms with E-state index in [4.69, 9.17) is 15.0 Å². The normalized spacial score (nSPS) is 12.7. The van der Waals surface area contributed by atoms with Gasteiger partial charge in [0.05, 0.1) is 22.2 Å². The van der Waals surface area contributed by atoms with Crippen LogP contribution in [0.25, 0.3) is 72.8 Å². The molecule has 0 N–H and O–H groups in total. The predicted molar refractivity (Wildman–Crippen MR) is 223 cm³/mol. The average Bonchev–Trinajstić information content (AvgIpc) is 3.53. The monoisotopic (exact) mass is 798 g/mol. The number of benzene rings is 6. The molecule has 4 nitrogen and oxygen atoms in total. The van der Waals surface area contributed by atoms with Crippen LogP contribution in [-0.4, -0.2) is 19.5 Å². The molecule has 0 fully saturated rings. The third-order valence-electron chi connectivity index (χ3n) is 10.6. The summed E-state index contributed by atoms with van der Waals surface area (Å²) in [6.45, 7) is 12.9. The largest absolute Gasteiger partial charge is 0.417 e. The molecule has 0 aliphatic heterocycles. The zero-order valence-corrected chi connectivity index (χ0v) is 33.3. The Morgan fingerprint density at radius 2 is 0.864 bits per heavy atom. The van der Waals surface area contributed by atoms with Crippen LogP contribution in [0.2, 0.25) is 0 Å². The van der Waals surface area contributed by atoms with Crippen molar-refractivity contribution in [2.45, 2.75) is 64.7 Å². The lowest BCUT2D eigenvalue weighted by Crippen LogP contribution is -2.12. The fourth-order valence-corrected chi connectivity index (χ4v) is 7.44. The minimum atomic E-state index is -5.13. The van der Waals surface area contributed by atoms with E-state index in [2.05, 4.69) is 82.5 Å². The van der Waals surface area contributed by atoms with Crippen molar-refractivity contribution < 1.29 is 26.3 Å². The van der Waals surface area contributed by atoms with Crippen LogP contribution >= 0.6 is 0 Å². The number of halogens is 6. The molecule has 0 radical (unpaired) electrons. The third-order valence-corrected chi connectivity index (χ3v) is 10.6. The Morgan fingerprint density at radius 3 is 1.32 bits per heavy atom. The van der Waals surface area contributed by atoms with Crippen molar-refractivity contribution in [3.8, 4) is 51.0 Å². The van der Waals surface area contributed by atoms with E-state index >= 15 is 0 Å². The molecule has 0 aliphatic rings. The van der Waals surface area contributed by atoms with Crippen LogP contribution in [0.4, 0.5) is 26.3 Å². The highest BCUT2D eigenvalue weighted by Crippen LogP contribution is 2.45. The van der Waals surface area contributed by atoms with Gasteiger partial charge in [0.2, 0.25) is 0 Å². The lowest BCUT2D eigenvalue weighted by atomic mass is 9.85. The van der Waals surface area contributed by atoms with Crippen LogP contribution in [0, 0.1) is 0 Å². The first-order valence-electron chi connectivity index (χ1n) is 19.2. The number of fused-ring (bicyclic) bond motifs is 3. The topological polar surface area (TPSA) is 43.6 Å². The van der Waals surface area contributed by atoms with Gasteiger partial charge in [-0.1, -0.05) is 126 Å². The number of aromatic nitrogens is 4. The molecule has 0 aliphatic carbocycles. The molecule has 0 bridgehead atoms. The van der Waals surface area contributed by atoms with E-state index < -0.39 is 29.0 Å². The van der Waals surface area contributed by atoms with Gasteiger partial charge in [-0.3, -0.25) is 0 Å². The highest BCUT2D eigenvalue weighted by Gasteiger charge is 2.39. The maximum Gasteiger partial charge on any atom is 0.417 e. The van der Waals surface area contributed by atoms with Crippen LogP contribution in [0.1, 0.15) is 63.8 Å². The predicted octanol–water partition coefficient (Wildman–Crippen LogP) is 14.3. The van der Waals surface area contributed by atoms with Crippen LogP contribution in [0.3, 0.4) is 0 Å². The fraction of sp³-hybridized carbons (Fsp3) is 0.204. The maximum atomic E-state index is 14.9. The van der Waals surface area contributed by atoms with Crippen LogP contribution in [0.15, 0.2) is 133 Å². The molecular weight excluding hydrogens is 759 g/mol. The van der Waals surface area contributed by atoms with Gasteiger partial charge in [-0.2, -0.15) is 26.3 Å². The number of hydrogen-bond donors (Lipinski definition) is 0. The van der Waals surface area contributed by atoms with Gasteiger partial charge in [0.1, 0.15) is 0 Å². The highest BCUT2D eigenvalue weighted by molar-refractivity contribution is 6.10. The van der Waals surface area contributed by atoms with Crippen molar-refractivity contribution in [3.63, 3.8) is 0 Å². The van der Waals surface area contributed by atoms with Crippen molar-refractivity contribution >= 4 is 21.8 Å². The molecule has 0 saturated carbocycles. The second-order valence-electron chi connectivity index (χ2n) is 16.8. The zero-order chi connectivity index (χ0) is 42.1. The quantitative estimate of drug-likeness (QED) is 0.163. The number of rotatable bonds is 5. The van der Waals surface area contributed by atoms with E-state index in [0.717, 1.165) is 39.0 Å². The summed E-state index contributed by atoms with van der Waals surface area (Å²) in [5.74, 6) is 0.597. The van der Waals surface area contributed by atoms with Crippen LogP contribution in [0.5, 0.6) is 0 Å². The summed E-state index contributed by atoms with van der Waals surface area (Å²) in [4.78, 5) is 14.5. The van der Waals surface area contributed by atoms with Crippen molar-refractivity contribution in [2.75, 3.05) is 0 Å². The molecule has 2 heterocycles. The SMILES string of the molecule is CC(C)(C)c1ccc2c(c1)c1cc(C(C)(C)C)ccc1n2-c1ccc(-c2ccc(C(F)(F)F)cc2C(F)(F)F)c(-c2nc(-c3ccccc3)nc(-c3ccccc3)n2)c1. The lowest BCUT2D eigenvalue weighted by molar-refractivity contribution is -0.142. The van der Waals surface area contributed by atoms with Crippen molar-refractivity contribution in [2.24, 2.45) is 0 Å². The second kappa shape index (κ2) is 14.2. The molecule has 0 saturated heterocycles.